The van der Waals surface area contributed by atoms with Crippen LogP contribution in [0.4, 0.5) is 5.69 Å². The Morgan fingerprint density at radius 3 is 2.11 bits per heavy atom. The first-order chi connectivity index (χ1) is 13.0. The zero-order chi connectivity index (χ0) is 19.2. The van der Waals surface area contributed by atoms with E-state index in [9.17, 15) is 0 Å². The van der Waals surface area contributed by atoms with E-state index in [0.29, 0.717) is 6.61 Å². The van der Waals surface area contributed by atoms with Gasteiger partial charge in [-0.1, -0.05) is 47.5 Å². The molecule has 0 saturated heterocycles. The summed E-state index contributed by atoms with van der Waals surface area (Å²) in [4.78, 5) is 0. The van der Waals surface area contributed by atoms with Crippen LogP contribution in [0.5, 0.6) is 11.5 Å². The van der Waals surface area contributed by atoms with Crippen LogP contribution in [-0.2, 0) is 13.2 Å². The summed E-state index contributed by atoms with van der Waals surface area (Å²) in [5, 5.41) is 3.45. The Morgan fingerprint density at radius 1 is 0.852 bits per heavy atom. The molecule has 0 aliphatic heterocycles. The molecule has 0 aliphatic rings. The molecular weight excluding hydrogens is 449 g/mol. The SMILES string of the molecule is COc1cc(CNc2ccc(C)cc2)cc(I)c1OCc1ccc(C)cc1. The van der Waals surface area contributed by atoms with Crippen LogP contribution in [0, 0.1) is 17.4 Å². The van der Waals surface area contributed by atoms with Crippen molar-refractivity contribution in [3.05, 3.63) is 86.5 Å². The van der Waals surface area contributed by atoms with Crippen molar-refractivity contribution in [1.82, 2.24) is 0 Å². The molecule has 3 aromatic carbocycles. The lowest BCUT2D eigenvalue weighted by molar-refractivity contribution is 0.282. The first-order valence-electron chi connectivity index (χ1n) is 8.90. The normalized spacial score (nSPS) is 10.5. The molecule has 0 aromatic heterocycles. The van der Waals surface area contributed by atoms with Gasteiger partial charge in [0.1, 0.15) is 6.61 Å². The number of hydrogen-bond donors (Lipinski definition) is 1. The minimum Gasteiger partial charge on any atom is -0.493 e. The van der Waals surface area contributed by atoms with Crippen molar-refractivity contribution in [3.63, 3.8) is 0 Å². The number of rotatable bonds is 7. The lowest BCUT2D eigenvalue weighted by Gasteiger charge is -2.15. The van der Waals surface area contributed by atoms with E-state index < -0.39 is 0 Å². The van der Waals surface area contributed by atoms with Crippen LogP contribution >= 0.6 is 22.6 Å². The van der Waals surface area contributed by atoms with Crippen molar-refractivity contribution in [2.45, 2.75) is 27.0 Å². The largest absolute Gasteiger partial charge is 0.493 e. The third kappa shape index (κ3) is 5.39. The van der Waals surface area contributed by atoms with Gasteiger partial charge in [-0.05, 0) is 71.8 Å². The maximum atomic E-state index is 6.06. The second-order valence-corrected chi connectivity index (χ2v) is 7.77. The average molecular weight is 473 g/mol. The van der Waals surface area contributed by atoms with Gasteiger partial charge in [0.25, 0.3) is 0 Å². The van der Waals surface area contributed by atoms with Gasteiger partial charge in [-0.3, -0.25) is 0 Å². The van der Waals surface area contributed by atoms with Crippen molar-refractivity contribution in [1.29, 1.82) is 0 Å². The van der Waals surface area contributed by atoms with Crippen LogP contribution in [0.25, 0.3) is 0 Å². The molecule has 0 heterocycles. The highest BCUT2D eigenvalue weighted by Gasteiger charge is 2.12. The number of hydrogen-bond acceptors (Lipinski definition) is 3. The Kier molecular flexibility index (Phi) is 6.61. The topological polar surface area (TPSA) is 30.5 Å². The highest BCUT2D eigenvalue weighted by molar-refractivity contribution is 14.1. The number of nitrogens with one attached hydrogen (secondary N) is 1. The summed E-state index contributed by atoms with van der Waals surface area (Å²) in [5.74, 6) is 1.55. The van der Waals surface area contributed by atoms with E-state index >= 15 is 0 Å². The van der Waals surface area contributed by atoms with Crippen molar-refractivity contribution < 1.29 is 9.47 Å². The lowest BCUT2D eigenvalue weighted by Crippen LogP contribution is -2.03. The van der Waals surface area contributed by atoms with Gasteiger partial charge in [0.2, 0.25) is 0 Å². The molecule has 0 fully saturated rings. The van der Waals surface area contributed by atoms with Crippen LogP contribution < -0.4 is 14.8 Å². The highest BCUT2D eigenvalue weighted by Crippen LogP contribution is 2.34. The van der Waals surface area contributed by atoms with Crippen LogP contribution in [0.2, 0.25) is 0 Å². The van der Waals surface area contributed by atoms with Gasteiger partial charge >= 0.3 is 0 Å². The van der Waals surface area contributed by atoms with Crippen LogP contribution in [0.1, 0.15) is 22.3 Å². The minimum atomic E-state index is 0.521. The van der Waals surface area contributed by atoms with Crippen LogP contribution in [0.3, 0.4) is 0 Å². The number of anilines is 1. The van der Waals surface area contributed by atoms with Gasteiger partial charge in [-0.2, -0.15) is 0 Å². The highest BCUT2D eigenvalue weighted by atomic mass is 127. The van der Waals surface area contributed by atoms with Gasteiger partial charge in [0.15, 0.2) is 11.5 Å². The summed E-state index contributed by atoms with van der Waals surface area (Å²) in [6.45, 7) is 5.42. The zero-order valence-electron chi connectivity index (χ0n) is 15.9. The van der Waals surface area contributed by atoms with E-state index in [2.05, 4.69) is 96.4 Å². The molecule has 3 rings (SSSR count). The molecule has 0 aliphatic carbocycles. The summed E-state index contributed by atoms with van der Waals surface area (Å²) in [5.41, 5.74) is 5.90. The standard InChI is InChI=1S/C23H24INO2/c1-16-4-8-18(9-5-16)15-27-23-21(24)12-19(13-22(23)26-3)14-25-20-10-6-17(2)7-11-20/h4-13,25H,14-15H2,1-3H3. The molecule has 3 aromatic rings. The minimum absolute atomic E-state index is 0.521. The van der Waals surface area contributed by atoms with Crippen LogP contribution in [-0.4, -0.2) is 7.11 Å². The Morgan fingerprint density at radius 2 is 1.48 bits per heavy atom. The Labute approximate surface area is 174 Å². The number of methoxy groups -OCH3 is 1. The van der Waals surface area contributed by atoms with E-state index in [4.69, 9.17) is 9.47 Å². The monoisotopic (exact) mass is 473 g/mol. The van der Waals surface area contributed by atoms with Crippen molar-refractivity contribution in [2.24, 2.45) is 0 Å². The predicted molar refractivity (Wildman–Crippen MR) is 120 cm³/mol. The maximum Gasteiger partial charge on any atom is 0.174 e. The molecule has 140 valence electrons. The average Bonchev–Trinajstić information content (AvgIpc) is 2.67. The van der Waals surface area contributed by atoms with Gasteiger partial charge in [-0.25, -0.2) is 0 Å². The second kappa shape index (κ2) is 9.13. The lowest BCUT2D eigenvalue weighted by atomic mass is 10.1. The molecule has 27 heavy (non-hydrogen) atoms. The fraction of sp³-hybridized carbons (Fsp3) is 0.217. The van der Waals surface area contributed by atoms with Gasteiger partial charge < -0.3 is 14.8 Å². The molecule has 3 nitrogen and oxygen atoms in total. The van der Waals surface area contributed by atoms with Crippen LogP contribution in [0.15, 0.2) is 60.7 Å². The van der Waals surface area contributed by atoms with E-state index in [0.717, 1.165) is 38.4 Å². The van der Waals surface area contributed by atoms with Crippen molar-refractivity contribution in [3.8, 4) is 11.5 Å². The molecule has 0 amide bonds. The molecule has 0 saturated carbocycles. The van der Waals surface area contributed by atoms with Gasteiger partial charge in [0.05, 0.1) is 10.7 Å². The molecule has 0 radical (unpaired) electrons. The molecule has 4 heteroatoms. The Bertz CT molecular complexity index is 890. The second-order valence-electron chi connectivity index (χ2n) is 6.60. The number of benzene rings is 3. The van der Waals surface area contributed by atoms with E-state index in [1.807, 2.05) is 6.07 Å². The van der Waals surface area contributed by atoms with E-state index in [1.165, 1.54) is 11.1 Å². The maximum absolute atomic E-state index is 6.06. The molecule has 0 bridgehead atoms. The predicted octanol–water partition coefficient (Wildman–Crippen LogP) is 6.11. The van der Waals surface area contributed by atoms with E-state index in [1.54, 1.807) is 7.11 Å². The zero-order valence-corrected chi connectivity index (χ0v) is 18.0. The quantitative estimate of drug-likeness (QED) is 0.421. The molecular formula is C23H24INO2. The number of ether oxygens (including phenoxy) is 2. The summed E-state index contributed by atoms with van der Waals surface area (Å²) < 4.78 is 12.7. The fourth-order valence-electron chi connectivity index (χ4n) is 2.73. The fourth-order valence-corrected chi connectivity index (χ4v) is 3.55. The molecule has 0 atom stereocenters. The molecule has 0 spiro atoms. The van der Waals surface area contributed by atoms with Crippen molar-refractivity contribution in [2.75, 3.05) is 12.4 Å². The number of halogens is 1. The number of aryl methyl sites for hydroxylation is 2. The van der Waals surface area contributed by atoms with Crippen molar-refractivity contribution >= 4 is 28.3 Å². The summed E-state index contributed by atoms with van der Waals surface area (Å²) in [6.07, 6.45) is 0. The van der Waals surface area contributed by atoms with E-state index in [-0.39, 0.29) is 0 Å². The smallest absolute Gasteiger partial charge is 0.174 e. The first-order valence-corrected chi connectivity index (χ1v) is 9.98. The first kappa shape index (κ1) is 19.5. The third-order valence-electron chi connectivity index (χ3n) is 4.34. The Balaban J connectivity index is 1.70. The summed E-state index contributed by atoms with van der Waals surface area (Å²) >= 11 is 2.31. The van der Waals surface area contributed by atoms with Gasteiger partial charge in [-0.15, -0.1) is 0 Å². The third-order valence-corrected chi connectivity index (χ3v) is 5.14. The summed E-state index contributed by atoms with van der Waals surface area (Å²) in [6, 6.07) is 20.9. The summed E-state index contributed by atoms with van der Waals surface area (Å²) in [7, 11) is 1.68. The van der Waals surface area contributed by atoms with Gasteiger partial charge in [0, 0.05) is 12.2 Å². The Hall–Kier alpha value is -2.21. The molecule has 0 unspecified atom stereocenters. The molecule has 1 N–H and O–H groups in total.